The number of hydrogen-bond acceptors (Lipinski definition) is 3. The van der Waals surface area contributed by atoms with Crippen molar-refractivity contribution in [3.8, 4) is 11.5 Å². The summed E-state index contributed by atoms with van der Waals surface area (Å²) in [5, 5.41) is 20.3. The highest BCUT2D eigenvalue weighted by atomic mass is 32.2. The largest absolute Gasteiger partial charge is 0.504 e. The maximum absolute atomic E-state index is 9.78. The van der Waals surface area contributed by atoms with E-state index >= 15 is 0 Å². The summed E-state index contributed by atoms with van der Waals surface area (Å²) in [5.41, 5.74) is 0.654. The lowest BCUT2D eigenvalue weighted by Gasteiger charge is -2.05. The van der Waals surface area contributed by atoms with E-state index in [1.54, 1.807) is 22.4 Å². The number of hydrogen-bond donors (Lipinski definition) is 2. The predicted molar refractivity (Wildman–Crippen MR) is 60.2 cm³/mol. The average molecular weight is 222 g/mol. The first kappa shape index (κ1) is 10.1. The summed E-state index contributed by atoms with van der Waals surface area (Å²) in [7, 11) is 1.84. The number of benzene rings is 1. The molecule has 0 aliphatic rings. The Balaban J connectivity index is 2.96. The van der Waals surface area contributed by atoms with E-state index in [1.807, 2.05) is 31.6 Å². The zero-order chi connectivity index (χ0) is 11.0. The van der Waals surface area contributed by atoms with Crippen LogP contribution in [0.25, 0.3) is 10.9 Å². The van der Waals surface area contributed by atoms with Crippen LogP contribution in [0.4, 0.5) is 0 Å². The lowest BCUT2D eigenvalue weighted by molar-refractivity contribution is -0.645. The summed E-state index contributed by atoms with van der Waals surface area (Å²) in [6, 6.07) is 5.43. The highest BCUT2D eigenvalue weighted by Gasteiger charge is 2.17. The maximum atomic E-state index is 9.78. The molecule has 0 amide bonds. The third-order valence-electron chi connectivity index (χ3n) is 2.40. The lowest BCUT2D eigenvalue weighted by atomic mass is 10.2. The molecule has 1 aromatic carbocycles. The molecule has 2 N–H and O–H groups in total. The zero-order valence-corrected chi connectivity index (χ0v) is 9.38. The van der Waals surface area contributed by atoms with Crippen LogP contribution in [0.5, 0.6) is 11.5 Å². The number of nitrogens with zero attached hydrogens (tertiary/aromatic N) is 1. The summed E-state index contributed by atoms with van der Waals surface area (Å²) in [4.78, 5) is 0.955. The molecular formula is C11H12NO2S+. The van der Waals surface area contributed by atoms with Gasteiger partial charge >= 0.3 is 0 Å². The first-order chi connectivity index (χ1) is 7.15. The second-order valence-corrected chi connectivity index (χ2v) is 4.18. The summed E-state index contributed by atoms with van der Waals surface area (Å²) < 4.78 is 1.80. The van der Waals surface area contributed by atoms with Crippen LogP contribution in [0, 0.1) is 0 Å². The molecule has 0 atom stereocenters. The molecule has 15 heavy (non-hydrogen) atoms. The van der Waals surface area contributed by atoms with Gasteiger partial charge in [0.15, 0.2) is 11.9 Å². The highest BCUT2D eigenvalue weighted by molar-refractivity contribution is 7.98. The van der Waals surface area contributed by atoms with E-state index in [-0.39, 0.29) is 11.5 Å². The normalized spacial score (nSPS) is 10.8. The van der Waals surface area contributed by atoms with E-state index in [4.69, 9.17) is 0 Å². The van der Waals surface area contributed by atoms with Crippen LogP contribution < -0.4 is 4.57 Å². The minimum atomic E-state index is -0.0753. The van der Waals surface area contributed by atoms with E-state index in [0.29, 0.717) is 5.52 Å². The molecule has 2 rings (SSSR count). The summed E-state index contributed by atoms with van der Waals surface area (Å²) >= 11 is 1.55. The van der Waals surface area contributed by atoms with Crippen molar-refractivity contribution in [2.24, 2.45) is 7.05 Å². The minimum Gasteiger partial charge on any atom is -0.504 e. The van der Waals surface area contributed by atoms with Crippen LogP contribution in [0.1, 0.15) is 0 Å². The molecule has 0 spiro atoms. The van der Waals surface area contributed by atoms with Gasteiger partial charge in [0.05, 0.1) is 5.39 Å². The third kappa shape index (κ3) is 1.51. The standard InChI is InChI=1S/C11H11NO2S/c1-12-5-3-4-7-9(15-2)6-8(13)11(14)10(7)12/h3-6,14H,1-2H3/p+1. The maximum Gasteiger partial charge on any atom is 0.259 e. The Morgan fingerprint density at radius 2 is 2.07 bits per heavy atom. The zero-order valence-electron chi connectivity index (χ0n) is 8.56. The van der Waals surface area contributed by atoms with Gasteiger partial charge in [-0.2, -0.15) is 4.57 Å². The monoisotopic (exact) mass is 222 g/mol. The molecule has 4 heteroatoms. The number of phenolic OH excluding ortho intramolecular Hbond substituents is 2. The fourth-order valence-electron chi connectivity index (χ4n) is 1.67. The van der Waals surface area contributed by atoms with Gasteiger partial charge in [0.1, 0.15) is 7.05 Å². The second-order valence-electron chi connectivity index (χ2n) is 3.33. The van der Waals surface area contributed by atoms with Crippen molar-refractivity contribution in [1.82, 2.24) is 0 Å². The van der Waals surface area contributed by atoms with E-state index in [9.17, 15) is 10.2 Å². The average Bonchev–Trinajstić information content (AvgIpc) is 2.23. The third-order valence-corrected chi connectivity index (χ3v) is 3.18. The highest BCUT2D eigenvalue weighted by Crippen LogP contribution is 2.37. The smallest absolute Gasteiger partial charge is 0.259 e. The number of aromatic nitrogens is 1. The number of thioether (sulfide) groups is 1. The van der Waals surface area contributed by atoms with Crippen molar-refractivity contribution in [2.75, 3.05) is 6.26 Å². The summed E-state index contributed by atoms with van der Waals surface area (Å²) in [6.07, 6.45) is 3.78. The summed E-state index contributed by atoms with van der Waals surface area (Å²) in [6.45, 7) is 0. The number of phenols is 2. The molecule has 0 aliphatic carbocycles. The summed E-state index contributed by atoms with van der Waals surface area (Å²) in [5.74, 6) is -0.139. The first-order valence-electron chi connectivity index (χ1n) is 4.52. The molecule has 0 unspecified atom stereocenters. The molecule has 0 fully saturated rings. The van der Waals surface area contributed by atoms with Gasteiger partial charge < -0.3 is 10.2 Å². The Hall–Kier alpha value is -1.42. The van der Waals surface area contributed by atoms with Gasteiger partial charge in [0, 0.05) is 11.0 Å². The van der Waals surface area contributed by atoms with Gasteiger partial charge in [0.25, 0.3) is 5.52 Å². The van der Waals surface area contributed by atoms with Crippen molar-refractivity contribution < 1.29 is 14.8 Å². The van der Waals surface area contributed by atoms with Crippen molar-refractivity contribution in [2.45, 2.75) is 4.90 Å². The van der Waals surface area contributed by atoms with E-state index < -0.39 is 0 Å². The van der Waals surface area contributed by atoms with Gasteiger partial charge in [0.2, 0.25) is 5.75 Å². The van der Waals surface area contributed by atoms with Crippen molar-refractivity contribution >= 4 is 22.7 Å². The Labute approximate surface area is 92.0 Å². The molecule has 1 aromatic heterocycles. The van der Waals surface area contributed by atoms with Crippen LogP contribution >= 0.6 is 11.8 Å². The fourth-order valence-corrected chi connectivity index (χ4v) is 2.28. The van der Waals surface area contributed by atoms with Gasteiger partial charge in [-0.15, -0.1) is 11.8 Å². The van der Waals surface area contributed by atoms with Crippen LogP contribution in [-0.2, 0) is 7.05 Å². The number of pyridine rings is 1. The second kappa shape index (κ2) is 3.62. The minimum absolute atomic E-state index is 0.0640. The van der Waals surface area contributed by atoms with E-state index in [0.717, 1.165) is 10.3 Å². The number of fused-ring (bicyclic) bond motifs is 1. The quantitative estimate of drug-likeness (QED) is 0.439. The van der Waals surface area contributed by atoms with E-state index in [2.05, 4.69) is 0 Å². The van der Waals surface area contributed by atoms with Crippen LogP contribution in [-0.4, -0.2) is 16.5 Å². The molecule has 78 valence electrons. The molecule has 2 aromatic rings. The van der Waals surface area contributed by atoms with Gasteiger partial charge in [-0.3, -0.25) is 0 Å². The molecule has 0 saturated carbocycles. The van der Waals surface area contributed by atoms with Crippen molar-refractivity contribution in [3.63, 3.8) is 0 Å². The molecule has 0 bridgehead atoms. The molecule has 3 nitrogen and oxygen atoms in total. The van der Waals surface area contributed by atoms with Crippen LogP contribution in [0.15, 0.2) is 29.3 Å². The number of aryl methyl sites for hydroxylation is 1. The van der Waals surface area contributed by atoms with Gasteiger partial charge in [-0.25, -0.2) is 0 Å². The SMILES string of the molecule is CSc1cc(O)c(O)c2c1ccc[n+]2C. The molecular weight excluding hydrogens is 210 g/mol. The molecule has 0 saturated heterocycles. The van der Waals surface area contributed by atoms with Crippen LogP contribution in [0.3, 0.4) is 0 Å². The van der Waals surface area contributed by atoms with Crippen molar-refractivity contribution in [3.05, 3.63) is 24.4 Å². The lowest BCUT2D eigenvalue weighted by Crippen LogP contribution is -2.28. The Bertz CT molecular complexity index is 525. The molecule has 0 aliphatic heterocycles. The topological polar surface area (TPSA) is 44.3 Å². The van der Waals surface area contributed by atoms with Crippen molar-refractivity contribution in [1.29, 1.82) is 0 Å². The first-order valence-corrected chi connectivity index (χ1v) is 5.75. The predicted octanol–water partition coefficient (Wildman–Crippen LogP) is 1.80. The number of aromatic hydroxyl groups is 2. The Morgan fingerprint density at radius 1 is 1.33 bits per heavy atom. The molecule has 1 heterocycles. The Morgan fingerprint density at radius 3 is 2.73 bits per heavy atom. The van der Waals surface area contributed by atoms with Crippen LogP contribution in [0.2, 0.25) is 0 Å². The van der Waals surface area contributed by atoms with Gasteiger partial charge in [-0.05, 0) is 18.4 Å². The Kier molecular flexibility index (Phi) is 2.44. The molecule has 0 radical (unpaired) electrons. The van der Waals surface area contributed by atoms with E-state index in [1.165, 1.54) is 0 Å². The number of rotatable bonds is 1. The fraction of sp³-hybridized carbons (Fsp3) is 0.182. The van der Waals surface area contributed by atoms with Gasteiger partial charge in [-0.1, -0.05) is 0 Å².